The highest BCUT2D eigenvalue weighted by Gasteiger charge is 2.32. The lowest BCUT2D eigenvalue weighted by Gasteiger charge is -2.32. The fourth-order valence-electron chi connectivity index (χ4n) is 4.03. The van der Waals surface area contributed by atoms with Crippen molar-refractivity contribution in [2.45, 2.75) is 64.6 Å². The van der Waals surface area contributed by atoms with E-state index in [-0.39, 0.29) is 23.4 Å². The molecule has 0 aliphatic carbocycles. The van der Waals surface area contributed by atoms with Crippen LogP contribution in [0.4, 0.5) is 5.69 Å². The first-order chi connectivity index (χ1) is 18.4. The number of amides is 2. The monoisotopic (exact) mass is 569 g/mol. The van der Waals surface area contributed by atoms with Gasteiger partial charge in [0.15, 0.2) is 0 Å². The summed E-state index contributed by atoms with van der Waals surface area (Å²) in [6.45, 7) is 9.04. The zero-order valence-electron chi connectivity index (χ0n) is 23.0. The summed E-state index contributed by atoms with van der Waals surface area (Å²) in [7, 11) is -4.13. The minimum absolute atomic E-state index is 0.00747. The minimum Gasteiger partial charge on any atom is -0.352 e. The summed E-state index contributed by atoms with van der Waals surface area (Å²) in [6, 6.07) is 19.5. The Labute approximate surface area is 236 Å². The number of halogens is 1. The SMILES string of the molecule is CCC(C)NC(=O)C(C)N(Cc1cccc(C)c1)C(=O)CN(c1ccc(C)cc1)S(=O)(=O)c1ccc(Cl)cc1. The van der Waals surface area contributed by atoms with E-state index in [2.05, 4.69) is 5.32 Å². The van der Waals surface area contributed by atoms with Gasteiger partial charge in [-0.25, -0.2) is 8.42 Å². The molecule has 0 saturated heterocycles. The molecule has 0 aliphatic heterocycles. The van der Waals surface area contributed by atoms with Gasteiger partial charge in [0, 0.05) is 17.6 Å². The van der Waals surface area contributed by atoms with Gasteiger partial charge in [-0.1, -0.05) is 66.0 Å². The van der Waals surface area contributed by atoms with Gasteiger partial charge in [0.2, 0.25) is 11.8 Å². The Morgan fingerprint density at radius 1 is 0.923 bits per heavy atom. The normalized spacial score (nSPS) is 12.9. The van der Waals surface area contributed by atoms with Crippen molar-refractivity contribution in [1.82, 2.24) is 10.2 Å². The first-order valence-corrected chi connectivity index (χ1v) is 14.7. The van der Waals surface area contributed by atoms with Gasteiger partial charge in [-0.15, -0.1) is 0 Å². The number of hydrogen-bond acceptors (Lipinski definition) is 4. The summed E-state index contributed by atoms with van der Waals surface area (Å²) in [5, 5.41) is 3.34. The van der Waals surface area contributed by atoms with Crippen LogP contribution in [0, 0.1) is 13.8 Å². The van der Waals surface area contributed by atoms with Crippen molar-refractivity contribution >= 4 is 39.1 Å². The number of anilines is 1. The maximum Gasteiger partial charge on any atom is 0.264 e. The van der Waals surface area contributed by atoms with Crippen molar-refractivity contribution in [1.29, 1.82) is 0 Å². The summed E-state index contributed by atoms with van der Waals surface area (Å²) >= 11 is 5.99. The third-order valence-electron chi connectivity index (χ3n) is 6.61. The van der Waals surface area contributed by atoms with Gasteiger partial charge in [-0.2, -0.15) is 0 Å². The van der Waals surface area contributed by atoms with E-state index in [0.717, 1.165) is 27.4 Å². The molecule has 0 aromatic heterocycles. The lowest BCUT2D eigenvalue weighted by molar-refractivity contribution is -0.139. The zero-order chi connectivity index (χ0) is 28.7. The Balaban J connectivity index is 2.02. The molecule has 0 bridgehead atoms. The molecule has 3 aromatic rings. The molecule has 9 heteroatoms. The van der Waals surface area contributed by atoms with Gasteiger partial charge < -0.3 is 10.2 Å². The van der Waals surface area contributed by atoms with Crippen molar-refractivity contribution in [3.63, 3.8) is 0 Å². The lowest BCUT2D eigenvalue weighted by atomic mass is 10.1. The van der Waals surface area contributed by atoms with Crippen LogP contribution in [0.15, 0.2) is 77.7 Å². The van der Waals surface area contributed by atoms with Gasteiger partial charge in [0.25, 0.3) is 10.0 Å². The Morgan fingerprint density at radius 2 is 1.56 bits per heavy atom. The molecule has 1 N–H and O–H groups in total. The molecule has 0 heterocycles. The number of carbonyl (C=O) groups is 2. The highest BCUT2D eigenvalue weighted by molar-refractivity contribution is 7.92. The summed E-state index contributed by atoms with van der Waals surface area (Å²) in [6.07, 6.45) is 0.741. The molecule has 208 valence electrons. The van der Waals surface area contributed by atoms with E-state index in [1.54, 1.807) is 31.2 Å². The smallest absolute Gasteiger partial charge is 0.264 e. The molecule has 2 atom stereocenters. The van der Waals surface area contributed by atoms with E-state index >= 15 is 0 Å². The van der Waals surface area contributed by atoms with Crippen LogP contribution >= 0.6 is 11.6 Å². The van der Waals surface area contributed by atoms with E-state index in [9.17, 15) is 18.0 Å². The van der Waals surface area contributed by atoms with Gasteiger partial charge >= 0.3 is 0 Å². The number of aryl methyl sites for hydroxylation is 2. The second-order valence-electron chi connectivity index (χ2n) is 9.81. The second kappa shape index (κ2) is 13.1. The van der Waals surface area contributed by atoms with Crippen LogP contribution in [-0.4, -0.2) is 43.8 Å². The molecule has 0 spiro atoms. The van der Waals surface area contributed by atoms with Crippen molar-refractivity contribution in [2.75, 3.05) is 10.8 Å². The first-order valence-electron chi connectivity index (χ1n) is 12.9. The minimum atomic E-state index is -4.13. The molecular weight excluding hydrogens is 534 g/mol. The van der Waals surface area contributed by atoms with Gasteiger partial charge in [-0.3, -0.25) is 13.9 Å². The van der Waals surface area contributed by atoms with E-state index < -0.39 is 28.5 Å². The Bertz CT molecular complexity index is 1390. The number of benzene rings is 3. The average Bonchev–Trinajstić information content (AvgIpc) is 2.90. The summed E-state index contributed by atoms with van der Waals surface area (Å²) in [4.78, 5) is 28.5. The van der Waals surface area contributed by atoms with Gasteiger partial charge in [-0.05, 0) is 76.1 Å². The Kier molecular flexibility index (Phi) is 10.2. The maximum atomic E-state index is 13.9. The van der Waals surface area contributed by atoms with Crippen molar-refractivity contribution in [2.24, 2.45) is 0 Å². The Morgan fingerprint density at radius 3 is 2.15 bits per heavy atom. The van der Waals surface area contributed by atoms with E-state index in [0.29, 0.717) is 10.7 Å². The van der Waals surface area contributed by atoms with Crippen molar-refractivity contribution < 1.29 is 18.0 Å². The molecule has 0 saturated carbocycles. The van der Waals surface area contributed by atoms with Crippen LogP contribution in [0.25, 0.3) is 0 Å². The molecule has 3 aromatic carbocycles. The number of rotatable bonds is 11. The molecule has 2 unspecified atom stereocenters. The molecule has 0 radical (unpaired) electrons. The highest BCUT2D eigenvalue weighted by atomic mass is 35.5. The number of sulfonamides is 1. The Hall–Kier alpha value is -3.36. The topological polar surface area (TPSA) is 86.8 Å². The van der Waals surface area contributed by atoms with Crippen molar-refractivity contribution in [3.05, 3.63) is 94.5 Å². The van der Waals surface area contributed by atoms with Crippen LogP contribution in [0.5, 0.6) is 0 Å². The lowest BCUT2D eigenvalue weighted by Crippen LogP contribution is -2.52. The maximum absolute atomic E-state index is 13.9. The van der Waals surface area contributed by atoms with Crippen LogP contribution < -0.4 is 9.62 Å². The molecule has 39 heavy (non-hydrogen) atoms. The third kappa shape index (κ3) is 7.83. The van der Waals surface area contributed by atoms with Crippen LogP contribution in [0.2, 0.25) is 5.02 Å². The number of carbonyl (C=O) groups excluding carboxylic acids is 2. The molecular formula is C30H36ClN3O4S. The summed E-state index contributed by atoms with van der Waals surface area (Å²) in [5.74, 6) is -0.797. The zero-order valence-corrected chi connectivity index (χ0v) is 24.6. The summed E-state index contributed by atoms with van der Waals surface area (Å²) in [5.41, 5.74) is 3.15. The average molecular weight is 570 g/mol. The molecule has 2 amide bonds. The number of nitrogens with one attached hydrogen (secondary N) is 1. The van der Waals surface area contributed by atoms with Gasteiger partial charge in [0.1, 0.15) is 12.6 Å². The van der Waals surface area contributed by atoms with Gasteiger partial charge in [0.05, 0.1) is 10.6 Å². The summed E-state index contributed by atoms with van der Waals surface area (Å²) < 4.78 is 28.7. The molecule has 7 nitrogen and oxygen atoms in total. The molecule has 3 rings (SSSR count). The largest absolute Gasteiger partial charge is 0.352 e. The highest BCUT2D eigenvalue weighted by Crippen LogP contribution is 2.26. The fraction of sp³-hybridized carbons (Fsp3) is 0.333. The van der Waals surface area contributed by atoms with E-state index in [1.165, 1.54) is 29.2 Å². The standard InChI is InChI=1S/C30H36ClN3O4S/c1-6-23(4)32-30(36)24(5)33(19-25-9-7-8-22(3)18-25)29(35)20-34(27-14-10-21(2)11-15-27)39(37,38)28-16-12-26(31)13-17-28/h7-18,23-24H,6,19-20H2,1-5H3,(H,32,36). The van der Waals surface area contributed by atoms with Crippen LogP contribution in [-0.2, 0) is 26.2 Å². The quantitative estimate of drug-likeness (QED) is 0.331. The van der Waals surface area contributed by atoms with Crippen LogP contribution in [0.3, 0.4) is 0 Å². The number of nitrogens with zero attached hydrogens (tertiary/aromatic N) is 2. The van der Waals surface area contributed by atoms with E-state index in [1.807, 2.05) is 52.0 Å². The fourth-order valence-corrected chi connectivity index (χ4v) is 5.57. The first kappa shape index (κ1) is 30.2. The van der Waals surface area contributed by atoms with Crippen LogP contribution in [0.1, 0.15) is 43.9 Å². The third-order valence-corrected chi connectivity index (χ3v) is 8.65. The molecule has 0 fully saturated rings. The number of hydrogen-bond donors (Lipinski definition) is 1. The predicted molar refractivity (Wildman–Crippen MR) is 156 cm³/mol. The van der Waals surface area contributed by atoms with Crippen molar-refractivity contribution in [3.8, 4) is 0 Å². The van der Waals surface area contributed by atoms with E-state index in [4.69, 9.17) is 11.6 Å². The molecule has 0 aliphatic rings. The second-order valence-corrected chi connectivity index (χ2v) is 12.1. The predicted octanol–water partition coefficient (Wildman–Crippen LogP) is 5.48.